The predicted molar refractivity (Wildman–Crippen MR) is 124 cm³/mol. The number of aromatic nitrogens is 2. The Morgan fingerprint density at radius 1 is 0.900 bits per heavy atom. The maximum absolute atomic E-state index is 5.27. The number of methoxy groups -OCH3 is 1. The summed E-state index contributed by atoms with van der Waals surface area (Å²) in [5.41, 5.74) is 5.89. The number of hydrogen-bond acceptors (Lipinski definition) is 3. The molecule has 1 heterocycles. The minimum absolute atomic E-state index is 0.143. The van der Waals surface area contributed by atoms with E-state index in [2.05, 4.69) is 85.3 Å². The number of benzene rings is 3. The van der Waals surface area contributed by atoms with Crippen molar-refractivity contribution in [2.45, 2.75) is 39.4 Å². The zero-order chi connectivity index (χ0) is 21.1. The third-order valence-corrected chi connectivity index (χ3v) is 5.49. The van der Waals surface area contributed by atoms with Gasteiger partial charge in [-0.25, -0.2) is 4.98 Å². The Morgan fingerprint density at radius 3 is 2.40 bits per heavy atom. The van der Waals surface area contributed by atoms with Crippen LogP contribution in [0.15, 0.2) is 72.8 Å². The van der Waals surface area contributed by atoms with Crippen LogP contribution in [-0.2, 0) is 6.54 Å². The highest BCUT2D eigenvalue weighted by Crippen LogP contribution is 2.26. The normalized spacial score (nSPS) is 12.4. The largest absolute Gasteiger partial charge is 0.497 e. The van der Waals surface area contributed by atoms with Crippen LogP contribution in [0, 0.1) is 0 Å². The molecule has 0 saturated carbocycles. The molecule has 0 saturated heterocycles. The van der Waals surface area contributed by atoms with Gasteiger partial charge in [-0.2, -0.15) is 0 Å². The molecule has 1 unspecified atom stereocenters. The lowest BCUT2D eigenvalue weighted by molar-refractivity contribution is 0.415. The lowest BCUT2D eigenvalue weighted by Gasteiger charge is -2.19. The summed E-state index contributed by atoms with van der Waals surface area (Å²) in [5, 5.41) is 3.67. The van der Waals surface area contributed by atoms with E-state index in [9.17, 15) is 0 Å². The summed E-state index contributed by atoms with van der Waals surface area (Å²) in [6, 6.07) is 25.7. The number of ether oxygens (including phenoxy) is 1. The number of fused-ring (bicyclic) bond motifs is 1. The topological polar surface area (TPSA) is 39.1 Å². The van der Waals surface area contributed by atoms with E-state index in [-0.39, 0.29) is 6.04 Å². The molecule has 154 valence electrons. The molecule has 0 bridgehead atoms. The highest BCUT2D eigenvalue weighted by molar-refractivity contribution is 5.76. The molecular formula is C26H29N3O. The lowest BCUT2D eigenvalue weighted by atomic mass is 10.0. The molecule has 3 aromatic carbocycles. The van der Waals surface area contributed by atoms with Crippen molar-refractivity contribution in [2.24, 2.45) is 0 Å². The number of imidazole rings is 1. The molecule has 0 amide bonds. The van der Waals surface area contributed by atoms with Gasteiger partial charge in [-0.3, -0.25) is 0 Å². The predicted octanol–water partition coefficient (Wildman–Crippen LogP) is 6.14. The Labute approximate surface area is 178 Å². The fraction of sp³-hybridized carbons (Fsp3) is 0.269. The smallest absolute Gasteiger partial charge is 0.127 e. The van der Waals surface area contributed by atoms with Gasteiger partial charge in [-0.05, 0) is 67.8 Å². The Kier molecular flexibility index (Phi) is 5.86. The second-order valence-corrected chi connectivity index (χ2v) is 7.95. The number of rotatable bonds is 7. The van der Waals surface area contributed by atoms with Gasteiger partial charge in [0.2, 0.25) is 0 Å². The van der Waals surface area contributed by atoms with Gasteiger partial charge in [0.15, 0.2) is 0 Å². The summed E-state index contributed by atoms with van der Waals surface area (Å²) < 4.78 is 7.60. The number of para-hydroxylation sites is 2. The van der Waals surface area contributed by atoms with E-state index in [1.165, 1.54) is 22.2 Å². The summed E-state index contributed by atoms with van der Waals surface area (Å²) in [6.07, 6.45) is 0. The van der Waals surface area contributed by atoms with Gasteiger partial charge in [0, 0.05) is 12.6 Å². The second-order valence-electron chi connectivity index (χ2n) is 7.95. The molecule has 4 rings (SSSR count). The van der Waals surface area contributed by atoms with Gasteiger partial charge in [-0.15, -0.1) is 0 Å². The van der Waals surface area contributed by atoms with Crippen molar-refractivity contribution >= 4 is 11.0 Å². The summed E-state index contributed by atoms with van der Waals surface area (Å²) in [6.45, 7) is 7.39. The first-order chi connectivity index (χ1) is 14.6. The van der Waals surface area contributed by atoms with Crippen LogP contribution in [0.1, 0.15) is 44.2 Å². The Balaban J connectivity index is 1.52. The Bertz CT molecular complexity index is 1130. The van der Waals surface area contributed by atoms with Crippen molar-refractivity contribution in [1.29, 1.82) is 0 Å². The average molecular weight is 400 g/mol. The van der Waals surface area contributed by atoms with Crippen LogP contribution >= 0.6 is 0 Å². The number of nitrogens with one attached hydrogen (secondary N) is 1. The SMILES string of the molecule is COc1ccc(-c2cccc(CNC(C)c3nc4ccccc4n3C(C)C)c2)cc1. The molecule has 4 heteroatoms. The minimum Gasteiger partial charge on any atom is -0.497 e. The van der Waals surface area contributed by atoms with E-state index in [1.807, 2.05) is 18.2 Å². The molecule has 1 atom stereocenters. The van der Waals surface area contributed by atoms with Crippen LogP contribution in [0.3, 0.4) is 0 Å². The van der Waals surface area contributed by atoms with Gasteiger partial charge < -0.3 is 14.6 Å². The first-order valence-corrected chi connectivity index (χ1v) is 10.5. The van der Waals surface area contributed by atoms with Crippen LogP contribution in [0.2, 0.25) is 0 Å². The lowest BCUT2D eigenvalue weighted by Crippen LogP contribution is -2.22. The molecule has 0 aliphatic heterocycles. The second kappa shape index (κ2) is 8.72. The fourth-order valence-electron chi connectivity index (χ4n) is 3.92. The van der Waals surface area contributed by atoms with Crippen LogP contribution in [0.25, 0.3) is 22.2 Å². The molecule has 4 nitrogen and oxygen atoms in total. The van der Waals surface area contributed by atoms with Gasteiger partial charge in [0.1, 0.15) is 11.6 Å². The average Bonchev–Trinajstić information content (AvgIpc) is 3.18. The van der Waals surface area contributed by atoms with Crippen LogP contribution in [0.5, 0.6) is 5.75 Å². The van der Waals surface area contributed by atoms with Crippen molar-refractivity contribution in [3.05, 3.63) is 84.2 Å². The third-order valence-electron chi connectivity index (χ3n) is 5.49. The van der Waals surface area contributed by atoms with Crippen LogP contribution in [-0.4, -0.2) is 16.7 Å². The van der Waals surface area contributed by atoms with E-state index in [0.717, 1.165) is 23.6 Å². The van der Waals surface area contributed by atoms with Crippen molar-refractivity contribution in [2.75, 3.05) is 7.11 Å². The van der Waals surface area contributed by atoms with E-state index in [1.54, 1.807) is 7.11 Å². The highest BCUT2D eigenvalue weighted by atomic mass is 16.5. The zero-order valence-electron chi connectivity index (χ0n) is 18.1. The van der Waals surface area contributed by atoms with Gasteiger partial charge in [0.25, 0.3) is 0 Å². The molecule has 30 heavy (non-hydrogen) atoms. The van der Waals surface area contributed by atoms with E-state index in [0.29, 0.717) is 6.04 Å². The van der Waals surface area contributed by atoms with Crippen LogP contribution in [0.4, 0.5) is 0 Å². The van der Waals surface area contributed by atoms with Crippen molar-refractivity contribution in [3.8, 4) is 16.9 Å². The first-order valence-electron chi connectivity index (χ1n) is 10.5. The molecular weight excluding hydrogens is 370 g/mol. The standard InChI is InChI=1S/C26H29N3O/c1-18(2)29-25-11-6-5-10-24(25)28-26(29)19(3)27-17-20-8-7-9-22(16-20)21-12-14-23(30-4)15-13-21/h5-16,18-19,27H,17H2,1-4H3. The molecule has 0 fully saturated rings. The van der Waals surface area contributed by atoms with E-state index < -0.39 is 0 Å². The van der Waals surface area contributed by atoms with Crippen molar-refractivity contribution in [1.82, 2.24) is 14.9 Å². The van der Waals surface area contributed by atoms with Crippen LogP contribution < -0.4 is 10.1 Å². The van der Waals surface area contributed by atoms with Gasteiger partial charge in [-0.1, -0.05) is 42.5 Å². The molecule has 1 N–H and O–H groups in total. The van der Waals surface area contributed by atoms with Gasteiger partial charge >= 0.3 is 0 Å². The summed E-state index contributed by atoms with van der Waals surface area (Å²) in [4.78, 5) is 4.92. The van der Waals surface area contributed by atoms with E-state index >= 15 is 0 Å². The van der Waals surface area contributed by atoms with E-state index in [4.69, 9.17) is 9.72 Å². The Morgan fingerprint density at radius 2 is 1.67 bits per heavy atom. The molecule has 0 aliphatic carbocycles. The summed E-state index contributed by atoms with van der Waals surface area (Å²) in [7, 11) is 1.69. The zero-order valence-corrected chi connectivity index (χ0v) is 18.1. The molecule has 4 aromatic rings. The maximum Gasteiger partial charge on any atom is 0.127 e. The van der Waals surface area contributed by atoms with Crippen molar-refractivity contribution in [3.63, 3.8) is 0 Å². The quantitative estimate of drug-likeness (QED) is 0.405. The molecule has 0 spiro atoms. The van der Waals surface area contributed by atoms with Crippen molar-refractivity contribution < 1.29 is 4.74 Å². The summed E-state index contributed by atoms with van der Waals surface area (Å²) >= 11 is 0. The number of nitrogens with zero attached hydrogens (tertiary/aromatic N) is 2. The van der Waals surface area contributed by atoms with Gasteiger partial charge in [0.05, 0.1) is 24.2 Å². The monoisotopic (exact) mass is 399 g/mol. The fourth-order valence-corrected chi connectivity index (χ4v) is 3.92. The summed E-state index contributed by atoms with van der Waals surface area (Å²) in [5.74, 6) is 1.95. The first kappa shape index (κ1) is 20.2. The number of hydrogen-bond donors (Lipinski definition) is 1. The molecule has 0 radical (unpaired) electrons. The minimum atomic E-state index is 0.143. The third kappa shape index (κ3) is 4.10. The molecule has 0 aliphatic rings. The highest BCUT2D eigenvalue weighted by Gasteiger charge is 2.18. The Hall–Kier alpha value is -3.11. The molecule has 1 aromatic heterocycles. The maximum atomic E-state index is 5.27.